The fourth-order valence-electron chi connectivity index (χ4n) is 5.38. The van der Waals surface area contributed by atoms with Gasteiger partial charge in [-0.25, -0.2) is 4.98 Å². The molecule has 0 radical (unpaired) electrons. The third-order valence-electron chi connectivity index (χ3n) is 7.31. The van der Waals surface area contributed by atoms with Crippen molar-refractivity contribution in [3.05, 3.63) is 58.9 Å². The average Bonchev–Trinajstić information content (AvgIpc) is 3.31. The van der Waals surface area contributed by atoms with Gasteiger partial charge in [0.2, 0.25) is 5.82 Å². The summed E-state index contributed by atoms with van der Waals surface area (Å²) in [5, 5.41) is 9.60. The van der Waals surface area contributed by atoms with E-state index in [2.05, 4.69) is 63.4 Å². The zero-order valence-electron chi connectivity index (χ0n) is 20.2. The van der Waals surface area contributed by atoms with Gasteiger partial charge in [-0.1, -0.05) is 30.0 Å². The molecule has 35 heavy (non-hydrogen) atoms. The van der Waals surface area contributed by atoms with Gasteiger partial charge in [-0.2, -0.15) is 0 Å². The number of thiophene rings is 1. The summed E-state index contributed by atoms with van der Waals surface area (Å²) < 4.78 is 7.48. The van der Waals surface area contributed by atoms with Gasteiger partial charge in [-0.05, 0) is 68.5 Å². The number of hydrogen-bond acceptors (Lipinski definition) is 7. The predicted octanol–water partition coefficient (Wildman–Crippen LogP) is 5.99. The van der Waals surface area contributed by atoms with Crippen molar-refractivity contribution in [3.63, 3.8) is 0 Å². The van der Waals surface area contributed by atoms with Crippen molar-refractivity contribution in [2.45, 2.75) is 37.3 Å². The Hall–Kier alpha value is -2.13. The molecule has 6 rings (SSSR count). The Morgan fingerprint density at radius 2 is 2.09 bits per heavy atom. The van der Waals surface area contributed by atoms with Crippen molar-refractivity contribution in [3.8, 4) is 22.0 Å². The third-order valence-corrected chi connectivity index (χ3v) is 9.47. The Morgan fingerprint density at radius 3 is 2.86 bits per heavy atom. The lowest BCUT2D eigenvalue weighted by Crippen LogP contribution is -2.27. The Balaban J connectivity index is 0.00000253. The maximum absolute atomic E-state index is 5.48. The molecule has 2 fully saturated rings. The summed E-state index contributed by atoms with van der Waals surface area (Å²) in [4.78, 5) is 9.58. The summed E-state index contributed by atoms with van der Waals surface area (Å²) in [6.45, 7) is 7.66. The van der Waals surface area contributed by atoms with Crippen LogP contribution in [0.1, 0.15) is 29.0 Å². The smallest absolute Gasteiger partial charge is 0.202 e. The molecule has 1 aliphatic carbocycles. The maximum Gasteiger partial charge on any atom is 0.202 e. The van der Waals surface area contributed by atoms with Gasteiger partial charge in [-0.3, -0.25) is 0 Å². The number of halogens is 1. The molecule has 6 nitrogen and oxygen atoms in total. The molecular formula is C26H30ClN5OS2. The number of aryl methyl sites for hydroxylation is 2. The largest absolute Gasteiger partial charge is 0.440 e. The van der Waals surface area contributed by atoms with Crippen molar-refractivity contribution in [2.75, 3.05) is 25.4 Å². The fourth-order valence-corrected chi connectivity index (χ4v) is 7.08. The molecule has 0 N–H and O–H groups in total. The first-order valence-electron chi connectivity index (χ1n) is 11.9. The van der Waals surface area contributed by atoms with Crippen LogP contribution in [0.25, 0.3) is 22.0 Å². The minimum atomic E-state index is 0. The van der Waals surface area contributed by atoms with Gasteiger partial charge in [0.05, 0.1) is 5.69 Å². The van der Waals surface area contributed by atoms with Gasteiger partial charge in [0.1, 0.15) is 0 Å². The second-order valence-electron chi connectivity index (χ2n) is 9.62. The van der Waals surface area contributed by atoms with Crippen LogP contribution < -0.4 is 0 Å². The third kappa shape index (κ3) is 4.57. The molecule has 1 aromatic carbocycles. The molecule has 1 aliphatic heterocycles. The van der Waals surface area contributed by atoms with Crippen LogP contribution in [-0.4, -0.2) is 50.0 Å². The van der Waals surface area contributed by atoms with Gasteiger partial charge in [0, 0.05) is 41.1 Å². The van der Waals surface area contributed by atoms with E-state index < -0.39 is 0 Å². The molecule has 4 aromatic rings. The lowest BCUT2D eigenvalue weighted by molar-refractivity contribution is 0.299. The zero-order valence-corrected chi connectivity index (χ0v) is 22.7. The molecule has 0 bridgehead atoms. The number of likely N-dealkylation sites (tertiary alicyclic amines) is 1. The number of aromatic nitrogens is 4. The van der Waals surface area contributed by atoms with Gasteiger partial charge in [-0.15, -0.1) is 33.9 Å². The zero-order chi connectivity index (χ0) is 23.3. The summed E-state index contributed by atoms with van der Waals surface area (Å²) in [6.07, 6.45) is 3.94. The molecule has 184 valence electrons. The Bertz CT molecular complexity index is 1330. The molecule has 9 heteroatoms. The number of piperidine rings is 1. The van der Waals surface area contributed by atoms with E-state index in [-0.39, 0.29) is 12.4 Å². The van der Waals surface area contributed by atoms with Crippen LogP contribution in [0.5, 0.6) is 0 Å². The van der Waals surface area contributed by atoms with E-state index in [9.17, 15) is 0 Å². The molecule has 2 atom stereocenters. The van der Waals surface area contributed by atoms with Gasteiger partial charge < -0.3 is 13.9 Å². The summed E-state index contributed by atoms with van der Waals surface area (Å²) >= 11 is 3.65. The summed E-state index contributed by atoms with van der Waals surface area (Å²) in [7, 11) is 1.99. The van der Waals surface area contributed by atoms with Crippen molar-refractivity contribution < 1.29 is 4.42 Å². The van der Waals surface area contributed by atoms with E-state index in [0.717, 1.165) is 41.3 Å². The standard InChI is InChI=1S/C26H29N5OS2.ClH/c1-17-8-9-22(34-17)19-6-4-7-20(12-19)26-13-21(26)14-31(15-26)10-5-11-33-25-29-28-24(30(25)3)23-18(2)27-16-32-23;/h4,6-9,12,16,21H,5,10-11,13-15H2,1-3H3;1H/t21-,26?;/m1./s1. The molecule has 1 saturated heterocycles. The molecule has 2 aliphatic rings. The highest BCUT2D eigenvalue weighted by molar-refractivity contribution is 7.99. The van der Waals surface area contributed by atoms with Crippen LogP contribution in [0, 0.1) is 19.8 Å². The quantitative estimate of drug-likeness (QED) is 0.207. The number of oxazole rings is 1. The van der Waals surface area contributed by atoms with Gasteiger partial charge in [0.15, 0.2) is 17.3 Å². The number of fused-ring (bicyclic) bond motifs is 1. The predicted molar refractivity (Wildman–Crippen MR) is 145 cm³/mol. The topological polar surface area (TPSA) is 60.0 Å². The van der Waals surface area contributed by atoms with E-state index in [1.165, 1.54) is 46.8 Å². The second kappa shape index (κ2) is 9.73. The summed E-state index contributed by atoms with van der Waals surface area (Å²) in [5.41, 5.74) is 4.12. The van der Waals surface area contributed by atoms with E-state index in [1.807, 2.05) is 29.9 Å². The number of hydrogen-bond donors (Lipinski definition) is 0. The lowest BCUT2D eigenvalue weighted by Gasteiger charge is -2.21. The maximum atomic E-state index is 5.48. The number of thioether (sulfide) groups is 1. The van der Waals surface area contributed by atoms with E-state index in [4.69, 9.17) is 4.42 Å². The van der Waals surface area contributed by atoms with Crippen LogP contribution in [0.2, 0.25) is 0 Å². The van der Waals surface area contributed by atoms with Gasteiger partial charge in [0.25, 0.3) is 0 Å². The minimum absolute atomic E-state index is 0. The Kier molecular flexibility index (Phi) is 6.83. The first-order valence-corrected chi connectivity index (χ1v) is 13.7. The van der Waals surface area contributed by atoms with E-state index in [0.29, 0.717) is 11.2 Å². The van der Waals surface area contributed by atoms with E-state index in [1.54, 1.807) is 11.8 Å². The van der Waals surface area contributed by atoms with Crippen molar-refractivity contribution >= 4 is 35.5 Å². The van der Waals surface area contributed by atoms with Crippen molar-refractivity contribution in [1.29, 1.82) is 0 Å². The number of rotatable bonds is 8. The molecule has 0 spiro atoms. The normalized spacial score (nSPS) is 21.2. The van der Waals surface area contributed by atoms with Crippen molar-refractivity contribution in [1.82, 2.24) is 24.6 Å². The first-order chi connectivity index (χ1) is 16.5. The summed E-state index contributed by atoms with van der Waals surface area (Å²) in [5.74, 6) is 3.27. The van der Waals surface area contributed by atoms with Crippen LogP contribution in [0.15, 0.2) is 52.4 Å². The molecule has 4 heterocycles. The van der Waals surface area contributed by atoms with Crippen LogP contribution >= 0.6 is 35.5 Å². The second-order valence-corrected chi connectivity index (χ2v) is 12.0. The highest BCUT2D eigenvalue weighted by atomic mass is 35.5. The highest BCUT2D eigenvalue weighted by Crippen LogP contribution is 2.59. The first kappa shape index (κ1) is 24.6. The molecule has 1 unspecified atom stereocenters. The SMILES string of the molecule is Cc1ccc(-c2cccc(C34C[C@@H]3CN(CCCSc3nnc(-c5ocnc5C)n3C)C4)c2)s1.Cl. The molecule has 1 saturated carbocycles. The fraction of sp³-hybridized carbons (Fsp3) is 0.423. The van der Waals surface area contributed by atoms with Crippen LogP contribution in [0.4, 0.5) is 0 Å². The Morgan fingerprint density at radius 1 is 1.20 bits per heavy atom. The Labute approximate surface area is 220 Å². The van der Waals surface area contributed by atoms with Gasteiger partial charge >= 0.3 is 0 Å². The molecular weight excluding hydrogens is 498 g/mol. The minimum Gasteiger partial charge on any atom is -0.440 e. The monoisotopic (exact) mass is 527 g/mol. The summed E-state index contributed by atoms with van der Waals surface area (Å²) in [6, 6.07) is 13.8. The number of nitrogens with zero attached hydrogens (tertiary/aromatic N) is 5. The molecule has 3 aromatic heterocycles. The van der Waals surface area contributed by atoms with E-state index >= 15 is 0 Å². The lowest BCUT2D eigenvalue weighted by atomic mass is 9.93. The van der Waals surface area contributed by atoms with Crippen LogP contribution in [0.3, 0.4) is 0 Å². The molecule has 0 amide bonds. The van der Waals surface area contributed by atoms with Crippen molar-refractivity contribution in [2.24, 2.45) is 13.0 Å². The number of benzene rings is 1. The average molecular weight is 528 g/mol. The highest BCUT2D eigenvalue weighted by Gasteiger charge is 2.60. The van der Waals surface area contributed by atoms with Crippen LogP contribution in [-0.2, 0) is 12.5 Å².